The number of nitrogens with zero attached hydrogens (tertiary/aromatic N) is 4. The molecule has 26 heavy (non-hydrogen) atoms. The van der Waals surface area contributed by atoms with Crippen molar-refractivity contribution in [3.8, 4) is 11.5 Å². The summed E-state index contributed by atoms with van der Waals surface area (Å²) in [6, 6.07) is 5.59. The predicted octanol–water partition coefficient (Wildman–Crippen LogP) is 3.13. The molecule has 0 radical (unpaired) electrons. The highest BCUT2D eigenvalue weighted by Crippen LogP contribution is 2.27. The van der Waals surface area contributed by atoms with E-state index in [1.54, 1.807) is 18.5 Å². The van der Waals surface area contributed by atoms with Crippen molar-refractivity contribution in [1.29, 1.82) is 0 Å². The maximum absolute atomic E-state index is 13.2. The number of amides is 1. The number of rotatable bonds is 3. The average Bonchev–Trinajstić information content (AvgIpc) is 3.29. The van der Waals surface area contributed by atoms with E-state index >= 15 is 0 Å². The lowest BCUT2D eigenvalue weighted by Gasteiger charge is -2.31. The Morgan fingerprint density at radius 3 is 2.92 bits per heavy atom. The largest absolute Gasteiger partial charge is 0.463 e. The number of hydrogen-bond donors (Lipinski definition) is 0. The van der Waals surface area contributed by atoms with Crippen molar-refractivity contribution in [1.82, 2.24) is 19.7 Å². The molecular weight excluding hydrogens is 332 g/mol. The van der Waals surface area contributed by atoms with Gasteiger partial charge in [-0.1, -0.05) is 0 Å². The highest BCUT2D eigenvalue weighted by Gasteiger charge is 2.26. The molecular formula is C19H22N4O3. The van der Waals surface area contributed by atoms with Gasteiger partial charge in [0.15, 0.2) is 11.4 Å². The van der Waals surface area contributed by atoms with Crippen molar-refractivity contribution in [2.45, 2.75) is 32.9 Å². The Bertz CT molecular complexity index is 930. The van der Waals surface area contributed by atoms with Gasteiger partial charge >= 0.3 is 0 Å². The Hall–Kier alpha value is -2.67. The lowest BCUT2D eigenvalue weighted by molar-refractivity contribution is -0.0123. The molecule has 136 valence electrons. The van der Waals surface area contributed by atoms with Gasteiger partial charge in [0, 0.05) is 19.1 Å². The minimum Gasteiger partial charge on any atom is -0.463 e. The van der Waals surface area contributed by atoms with Gasteiger partial charge < -0.3 is 14.1 Å². The molecule has 0 aromatic carbocycles. The summed E-state index contributed by atoms with van der Waals surface area (Å²) in [5, 5.41) is 5.21. The van der Waals surface area contributed by atoms with E-state index in [1.165, 1.54) is 0 Å². The Labute approximate surface area is 151 Å². The number of fused-ring (bicyclic) bond motifs is 1. The van der Waals surface area contributed by atoms with Gasteiger partial charge in [-0.25, -0.2) is 9.67 Å². The van der Waals surface area contributed by atoms with E-state index in [0.717, 1.165) is 5.39 Å². The normalized spacial score (nSPS) is 18.0. The van der Waals surface area contributed by atoms with Crippen LogP contribution in [0.5, 0.6) is 0 Å². The molecule has 1 unspecified atom stereocenters. The molecule has 1 amide bonds. The van der Waals surface area contributed by atoms with Gasteiger partial charge in [0.25, 0.3) is 5.91 Å². The van der Waals surface area contributed by atoms with Crippen LogP contribution in [-0.2, 0) is 4.74 Å². The van der Waals surface area contributed by atoms with E-state index in [0.29, 0.717) is 42.4 Å². The third-order valence-corrected chi connectivity index (χ3v) is 4.59. The number of aromatic nitrogens is 3. The molecule has 0 aliphatic carbocycles. The number of hydrogen-bond acceptors (Lipinski definition) is 5. The van der Waals surface area contributed by atoms with Gasteiger partial charge in [-0.15, -0.1) is 0 Å². The SMILES string of the molecule is CC1CN(C(=O)c2cc(-c3ccco3)nc3c2cnn3C(C)C)CCO1. The molecule has 0 bridgehead atoms. The first-order chi connectivity index (χ1) is 12.5. The average molecular weight is 354 g/mol. The summed E-state index contributed by atoms with van der Waals surface area (Å²) < 4.78 is 12.9. The number of furan rings is 1. The number of ether oxygens (including phenoxy) is 1. The van der Waals surface area contributed by atoms with Gasteiger partial charge in [0.2, 0.25) is 0 Å². The third kappa shape index (κ3) is 2.88. The minimum absolute atomic E-state index is 0.0244. The van der Waals surface area contributed by atoms with Crippen LogP contribution in [-0.4, -0.2) is 51.4 Å². The van der Waals surface area contributed by atoms with Crippen LogP contribution >= 0.6 is 0 Å². The summed E-state index contributed by atoms with van der Waals surface area (Å²) in [5.41, 5.74) is 1.93. The minimum atomic E-state index is -0.0244. The van der Waals surface area contributed by atoms with E-state index in [4.69, 9.17) is 14.1 Å². The number of carbonyl (C=O) groups excluding carboxylic acids is 1. The summed E-state index contributed by atoms with van der Waals surface area (Å²) in [5.74, 6) is 0.608. The standard InChI is InChI=1S/C19H22N4O3/c1-12(2)23-18-15(10-20-23)14(9-16(21-18)17-5-4-7-26-17)19(24)22-6-8-25-13(3)11-22/h4-5,7,9-10,12-13H,6,8,11H2,1-3H3. The molecule has 1 aliphatic heterocycles. The van der Waals surface area contributed by atoms with Crippen LogP contribution in [0.25, 0.3) is 22.5 Å². The second-order valence-electron chi connectivity index (χ2n) is 6.89. The maximum Gasteiger partial charge on any atom is 0.254 e. The predicted molar refractivity (Wildman–Crippen MR) is 96.9 cm³/mol. The van der Waals surface area contributed by atoms with Crippen LogP contribution in [0.3, 0.4) is 0 Å². The summed E-state index contributed by atoms with van der Waals surface area (Å²) in [6.45, 7) is 7.78. The summed E-state index contributed by atoms with van der Waals surface area (Å²) in [4.78, 5) is 19.8. The first-order valence-corrected chi connectivity index (χ1v) is 8.87. The first kappa shape index (κ1) is 16.8. The number of carbonyl (C=O) groups is 1. The summed E-state index contributed by atoms with van der Waals surface area (Å²) >= 11 is 0. The third-order valence-electron chi connectivity index (χ3n) is 4.59. The Kier molecular flexibility index (Phi) is 4.24. The zero-order chi connectivity index (χ0) is 18.3. The fourth-order valence-corrected chi connectivity index (χ4v) is 3.30. The van der Waals surface area contributed by atoms with E-state index in [9.17, 15) is 4.79 Å². The fraction of sp³-hybridized carbons (Fsp3) is 0.421. The molecule has 0 spiro atoms. The summed E-state index contributed by atoms with van der Waals surface area (Å²) in [7, 11) is 0. The smallest absolute Gasteiger partial charge is 0.254 e. The lowest BCUT2D eigenvalue weighted by Crippen LogP contribution is -2.44. The maximum atomic E-state index is 13.2. The van der Waals surface area contributed by atoms with Crippen molar-refractivity contribution in [3.63, 3.8) is 0 Å². The van der Waals surface area contributed by atoms with Crippen LogP contribution in [0.15, 0.2) is 35.1 Å². The fourth-order valence-electron chi connectivity index (χ4n) is 3.30. The molecule has 7 nitrogen and oxygen atoms in total. The molecule has 4 heterocycles. The molecule has 4 rings (SSSR count). The summed E-state index contributed by atoms with van der Waals surface area (Å²) in [6.07, 6.45) is 3.37. The molecule has 0 N–H and O–H groups in total. The van der Waals surface area contributed by atoms with Crippen molar-refractivity contribution < 1.29 is 13.9 Å². The van der Waals surface area contributed by atoms with Crippen molar-refractivity contribution >= 4 is 16.9 Å². The van der Waals surface area contributed by atoms with E-state index in [-0.39, 0.29) is 18.1 Å². The van der Waals surface area contributed by atoms with E-state index < -0.39 is 0 Å². The quantitative estimate of drug-likeness (QED) is 0.722. The van der Waals surface area contributed by atoms with Crippen LogP contribution in [0.2, 0.25) is 0 Å². The number of pyridine rings is 1. The van der Waals surface area contributed by atoms with Crippen molar-refractivity contribution in [2.75, 3.05) is 19.7 Å². The van der Waals surface area contributed by atoms with Crippen LogP contribution in [0, 0.1) is 0 Å². The number of morpholine rings is 1. The molecule has 1 saturated heterocycles. The molecule has 0 saturated carbocycles. The van der Waals surface area contributed by atoms with Gasteiger partial charge in [0.1, 0.15) is 5.69 Å². The van der Waals surface area contributed by atoms with Gasteiger partial charge in [-0.2, -0.15) is 5.10 Å². The highest BCUT2D eigenvalue weighted by atomic mass is 16.5. The van der Waals surface area contributed by atoms with Gasteiger partial charge in [-0.05, 0) is 39.0 Å². The Morgan fingerprint density at radius 2 is 2.23 bits per heavy atom. The van der Waals surface area contributed by atoms with Crippen molar-refractivity contribution in [3.05, 3.63) is 36.2 Å². The molecule has 1 aliphatic rings. The Morgan fingerprint density at radius 1 is 1.38 bits per heavy atom. The molecule has 1 atom stereocenters. The highest BCUT2D eigenvalue weighted by molar-refractivity contribution is 6.06. The monoisotopic (exact) mass is 354 g/mol. The van der Waals surface area contributed by atoms with Crippen LogP contribution in [0.1, 0.15) is 37.2 Å². The van der Waals surface area contributed by atoms with E-state index in [2.05, 4.69) is 5.10 Å². The zero-order valence-electron chi connectivity index (χ0n) is 15.2. The van der Waals surface area contributed by atoms with Crippen molar-refractivity contribution in [2.24, 2.45) is 0 Å². The Balaban J connectivity index is 1.85. The van der Waals surface area contributed by atoms with Crippen LogP contribution < -0.4 is 0 Å². The van der Waals surface area contributed by atoms with Gasteiger partial charge in [0.05, 0.1) is 36.1 Å². The topological polar surface area (TPSA) is 73.4 Å². The molecule has 3 aromatic heterocycles. The molecule has 7 heteroatoms. The second-order valence-corrected chi connectivity index (χ2v) is 6.89. The zero-order valence-corrected chi connectivity index (χ0v) is 15.2. The van der Waals surface area contributed by atoms with Crippen LogP contribution in [0.4, 0.5) is 0 Å². The molecule has 3 aromatic rings. The second kappa shape index (κ2) is 6.57. The lowest BCUT2D eigenvalue weighted by atomic mass is 10.1. The molecule has 1 fully saturated rings. The van der Waals surface area contributed by atoms with Gasteiger partial charge in [-0.3, -0.25) is 4.79 Å². The van der Waals surface area contributed by atoms with E-state index in [1.807, 2.05) is 42.5 Å². The first-order valence-electron chi connectivity index (χ1n) is 8.87.